The average molecular weight is 318 g/mol. The van der Waals surface area contributed by atoms with E-state index in [0.717, 1.165) is 32.0 Å². The van der Waals surface area contributed by atoms with Crippen molar-refractivity contribution in [3.8, 4) is 11.9 Å². The first kappa shape index (κ1) is 15.4. The van der Waals surface area contributed by atoms with Gasteiger partial charge in [-0.15, -0.1) is 5.10 Å². The topological polar surface area (TPSA) is 62.9 Å². The Hall–Kier alpha value is -2.46. The van der Waals surface area contributed by atoms with Crippen molar-refractivity contribution in [3.05, 3.63) is 47.2 Å². The van der Waals surface area contributed by atoms with Crippen LogP contribution in [0, 0.1) is 23.0 Å². The van der Waals surface area contributed by atoms with Crippen molar-refractivity contribution in [2.45, 2.75) is 25.5 Å². The molecule has 3 rings (SSSR count). The van der Waals surface area contributed by atoms with Crippen LogP contribution >= 0.6 is 0 Å². The minimum absolute atomic E-state index is 0.132. The summed E-state index contributed by atoms with van der Waals surface area (Å²) < 4.78 is 34.6. The van der Waals surface area contributed by atoms with E-state index in [1.165, 1.54) is 18.3 Å². The van der Waals surface area contributed by atoms with Gasteiger partial charge in [0, 0.05) is 5.56 Å². The number of nitrogens with zero attached hydrogens (tertiary/aromatic N) is 3. The van der Waals surface area contributed by atoms with E-state index >= 15 is 0 Å². The van der Waals surface area contributed by atoms with Crippen LogP contribution in [0.5, 0.6) is 5.88 Å². The number of benzene rings is 1. The maximum Gasteiger partial charge on any atom is 0.269 e. The Morgan fingerprint density at radius 2 is 2.09 bits per heavy atom. The zero-order valence-electron chi connectivity index (χ0n) is 12.4. The van der Waals surface area contributed by atoms with Crippen molar-refractivity contribution < 1.29 is 13.5 Å². The summed E-state index contributed by atoms with van der Waals surface area (Å²) in [5, 5.41) is 16.1. The van der Waals surface area contributed by atoms with E-state index in [0.29, 0.717) is 0 Å². The van der Waals surface area contributed by atoms with Crippen LogP contribution in [0.25, 0.3) is 0 Å². The second kappa shape index (κ2) is 6.75. The average Bonchev–Trinajstić information content (AvgIpc) is 2.95. The van der Waals surface area contributed by atoms with E-state index in [4.69, 9.17) is 10.00 Å². The number of halogens is 2. The molecule has 0 radical (unpaired) electrons. The van der Waals surface area contributed by atoms with Gasteiger partial charge in [0.15, 0.2) is 0 Å². The van der Waals surface area contributed by atoms with Gasteiger partial charge in [-0.25, -0.2) is 4.39 Å². The summed E-state index contributed by atoms with van der Waals surface area (Å²) >= 11 is 0. The summed E-state index contributed by atoms with van der Waals surface area (Å²) in [4.78, 5) is 0. The number of nitriles is 1. The van der Waals surface area contributed by atoms with E-state index in [1.54, 1.807) is 4.68 Å². The summed E-state index contributed by atoms with van der Waals surface area (Å²) in [5.41, 5.74) is 0.479. The second-order valence-electron chi connectivity index (χ2n) is 5.45. The highest BCUT2D eigenvalue weighted by Gasteiger charge is 2.19. The molecular formula is C16H16F2N4O. The van der Waals surface area contributed by atoms with E-state index in [1.807, 2.05) is 6.07 Å². The zero-order chi connectivity index (χ0) is 16.2. The lowest BCUT2D eigenvalue weighted by molar-refractivity contribution is 0.265. The number of rotatable bonds is 4. The van der Waals surface area contributed by atoms with Gasteiger partial charge in [0.25, 0.3) is 5.88 Å². The van der Waals surface area contributed by atoms with Crippen molar-refractivity contribution in [1.29, 1.82) is 5.26 Å². The van der Waals surface area contributed by atoms with Crippen molar-refractivity contribution in [2.24, 2.45) is 0 Å². The third kappa shape index (κ3) is 3.48. The first-order chi connectivity index (χ1) is 11.2. The van der Waals surface area contributed by atoms with Gasteiger partial charge in [-0.3, -0.25) is 4.68 Å². The number of piperidine rings is 1. The second-order valence-corrected chi connectivity index (χ2v) is 5.45. The molecule has 23 heavy (non-hydrogen) atoms. The van der Waals surface area contributed by atoms with Crippen LogP contribution in [-0.2, 0) is 6.61 Å². The molecule has 1 aromatic carbocycles. The largest absolute Gasteiger partial charge is 0.470 e. The fourth-order valence-corrected chi connectivity index (χ4v) is 2.59. The first-order valence-corrected chi connectivity index (χ1v) is 7.44. The van der Waals surface area contributed by atoms with Crippen LogP contribution in [0.15, 0.2) is 24.4 Å². The van der Waals surface area contributed by atoms with Crippen molar-refractivity contribution in [1.82, 2.24) is 15.1 Å². The van der Waals surface area contributed by atoms with Crippen LogP contribution in [0.4, 0.5) is 8.78 Å². The quantitative estimate of drug-likeness (QED) is 0.941. The summed E-state index contributed by atoms with van der Waals surface area (Å²) in [6.07, 6.45) is 3.08. The Kier molecular flexibility index (Phi) is 4.53. The number of aromatic nitrogens is 2. The van der Waals surface area contributed by atoms with Crippen molar-refractivity contribution in [2.75, 3.05) is 13.1 Å². The maximum atomic E-state index is 13.9. The summed E-state index contributed by atoms with van der Waals surface area (Å²) in [6.45, 7) is 1.61. The minimum atomic E-state index is -0.558. The van der Waals surface area contributed by atoms with Crippen LogP contribution in [0.1, 0.15) is 30.0 Å². The van der Waals surface area contributed by atoms with Crippen LogP contribution < -0.4 is 10.1 Å². The van der Waals surface area contributed by atoms with Gasteiger partial charge < -0.3 is 10.1 Å². The number of hydrogen-bond donors (Lipinski definition) is 1. The fraction of sp³-hybridized carbons (Fsp3) is 0.375. The molecule has 0 amide bonds. The summed E-state index contributed by atoms with van der Waals surface area (Å²) in [5.74, 6) is -1.24. The van der Waals surface area contributed by atoms with Gasteiger partial charge in [0.05, 0.1) is 23.9 Å². The Morgan fingerprint density at radius 3 is 2.78 bits per heavy atom. The highest BCUT2D eigenvalue weighted by Crippen LogP contribution is 2.23. The zero-order valence-corrected chi connectivity index (χ0v) is 12.4. The molecule has 1 N–H and O–H groups in total. The molecule has 0 spiro atoms. The van der Waals surface area contributed by atoms with Crippen LogP contribution in [-0.4, -0.2) is 22.9 Å². The lowest BCUT2D eigenvalue weighted by Crippen LogP contribution is -2.29. The van der Waals surface area contributed by atoms with Gasteiger partial charge in [-0.2, -0.15) is 9.65 Å². The van der Waals surface area contributed by atoms with Crippen molar-refractivity contribution >= 4 is 0 Å². The van der Waals surface area contributed by atoms with E-state index < -0.39 is 11.6 Å². The standard InChI is InChI=1S/C16H16F2N4O/c17-14-7-11(8-19)1-2-12(14)10-23-16-15(18)9-22(21-16)13-3-5-20-6-4-13/h1-2,7,9,13,20H,3-6,10H2. The summed E-state index contributed by atoms with van der Waals surface area (Å²) in [6, 6.07) is 6.08. The monoisotopic (exact) mass is 318 g/mol. The molecule has 120 valence electrons. The fourth-order valence-electron chi connectivity index (χ4n) is 2.59. The van der Waals surface area contributed by atoms with Gasteiger partial charge in [0.1, 0.15) is 12.4 Å². The molecule has 5 nitrogen and oxygen atoms in total. The van der Waals surface area contributed by atoms with Crippen LogP contribution in [0.3, 0.4) is 0 Å². The first-order valence-electron chi connectivity index (χ1n) is 7.44. The highest BCUT2D eigenvalue weighted by molar-refractivity contribution is 5.32. The van der Waals surface area contributed by atoms with E-state index in [2.05, 4.69) is 10.4 Å². The molecule has 7 heteroatoms. The molecule has 0 saturated carbocycles. The molecular weight excluding hydrogens is 302 g/mol. The molecule has 0 unspecified atom stereocenters. The van der Waals surface area contributed by atoms with Gasteiger partial charge >= 0.3 is 0 Å². The highest BCUT2D eigenvalue weighted by atomic mass is 19.1. The molecule has 1 aliphatic heterocycles. The molecule has 1 aromatic heterocycles. The normalized spacial score (nSPS) is 15.3. The molecule has 1 fully saturated rings. The number of nitrogens with one attached hydrogen (secondary N) is 1. The molecule has 1 aliphatic rings. The third-order valence-corrected chi connectivity index (χ3v) is 3.89. The Bertz CT molecular complexity index is 732. The number of ether oxygens (including phenoxy) is 1. The Balaban J connectivity index is 1.68. The predicted molar refractivity (Wildman–Crippen MR) is 78.8 cm³/mol. The van der Waals surface area contributed by atoms with E-state index in [-0.39, 0.29) is 29.7 Å². The van der Waals surface area contributed by atoms with Gasteiger partial charge in [-0.05, 0) is 38.1 Å². The SMILES string of the molecule is N#Cc1ccc(COc2nn(C3CCNCC3)cc2F)c(F)c1. The predicted octanol–water partition coefficient (Wildman–Crippen LogP) is 2.54. The molecule has 1 saturated heterocycles. The number of hydrogen-bond acceptors (Lipinski definition) is 4. The Morgan fingerprint density at radius 1 is 1.30 bits per heavy atom. The molecule has 0 aliphatic carbocycles. The lowest BCUT2D eigenvalue weighted by Gasteiger charge is -2.22. The molecule has 0 atom stereocenters. The minimum Gasteiger partial charge on any atom is -0.470 e. The van der Waals surface area contributed by atoms with Crippen LogP contribution in [0.2, 0.25) is 0 Å². The molecule has 0 bridgehead atoms. The van der Waals surface area contributed by atoms with Crippen molar-refractivity contribution in [3.63, 3.8) is 0 Å². The third-order valence-electron chi connectivity index (χ3n) is 3.89. The lowest BCUT2D eigenvalue weighted by atomic mass is 10.1. The molecule has 2 heterocycles. The maximum absolute atomic E-state index is 13.9. The summed E-state index contributed by atoms with van der Waals surface area (Å²) in [7, 11) is 0. The van der Waals surface area contributed by atoms with E-state index in [9.17, 15) is 8.78 Å². The Labute approximate surface area is 132 Å². The smallest absolute Gasteiger partial charge is 0.269 e. The van der Waals surface area contributed by atoms with Gasteiger partial charge in [-0.1, -0.05) is 6.07 Å². The molecule has 2 aromatic rings. The van der Waals surface area contributed by atoms with Gasteiger partial charge in [0.2, 0.25) is 5.82 Å².